The first-order chi connectivity index (χ1) is 12.2. The number of amides is 1. The average molecular weight is 417 g/mol. The molecule has 1 fully saturated rings. The van der Waals surface area contributed by atoms with E-state index in [-0.39, 0.29) is 27.5 Å². The lowest BCUT2D eigenvalue weighted by Crippen LogP contribution is -2.27. The molecular weight excluding hydrogens is 399 g/mol. The fourth-order valence-corrected chi connectivity index (χ4v) is 4.32. The van der Waals surface area contributed by atoms with Crippen molar-refractivity contribution in [3.63, 3.8) is 0 Å². The minimum atomic E-state index is -3.73. The number of carbonyl (C=O) groups is 1. The molecule has 1 aliphatic rings. The Balaban J connectivity index is 1.80. The largest absolute Gasteiger partial charge is 0.312 e. The predicted octanol–water partition coefficient (Wildman–Crippen LogP) is 2.67. The maximum atomic E-state index is 12.8. The summed E-state index contributed by atoms with van der Waals surface area (Å²) in [7, 11) is -0.652. The molecular formula is C16H18Cl2N4O3S. The van der Waals surface area contributed by atoms with Crippen molar-refractivity contribution >= 4 is 44.8 Å². The van der Waals surface area contributed by atoms with Crippen molar-refractivity contribution in [3.05, 3.63) is 40.1 Å². The molecule has 3 rings (SSSR count). The Bertz CT molecular complexity index is 941. The summed E-state index contributed by atoms with van der Waals surface area (Å²) in [5.41, 5.74) is 1.08. The third kappa shape index (κ3) is 3.46. The molecule has 0 unspecified atom stereocenters. The van der Waals surface area contributed by atoms with Gasteiger partial charge in [-0.25, -0.2) is 8.42 Å². The van der Waals surface area contributed by atoms with E-state index in [1.165, 1.54) is 23.9 Å². The normalized spacial score (nSPS) is 15.3. The fourth-order valence-electron chi connectivity index (χ4n) is 2.83. The quantitative estimate of drug-likeness (QED) is 0.750. The van der Waals surface area contributed by atoms with Gasteiger partial charge in [-0.05, 0) is 30.7 Å². The highest BCUT2D eigenvalue weighted by molar-refractivity contribution is 7.89. The van der Waals surface area contributed by atoms with Gasteiger partial charge in [0, 0.05) is 32.7 Å². The Labute approximate surface area is 162 Å². The lowest BCUT2D eigenvalue weighted by molar-refractivity contribution is -0.117. The first-order valence-electron chi connectivity index (χ1n) is 7.95. The average Bonchev–Trinajstić information content (AvgIpc) is 3.14. The summed E-state index contributed by atoms with van der Waals surface area (Å²) >= 11 is 12.1. The minimum absolute atomic E-state index is 0.00586. The third-order valence-corrected chi connectivity index (χ3v) is 7.04. The highest BCUT2D eigenvalue weighted by atomic mass is 35.5. The van der Waals surface area contributed by atoms with Crippen molar-refractivity contribution in [2.75, 3.05) is 18.5 Å². The number of aromatic nitrogens is 2. The van der Waals surface area contributed by atoms with Crippen LogP contribution >= 0.6 is 23.2 Å². The lowest BCUT2D eigenvalue weighted by Gasteiger charge is -2.18. The van der Waals surface area contributed by atoms with Crippen molar-refractivity contribution in [2.24, 2.45) is 7.05 Å². The Kier molecular flexibility index (Phi) is 5.30. The van der Waals surface area contributed by atoms with Gasteiger partial charge in [0.05, 0.1) is 17.1 Å². The summed E-state index contributed by atoms with van der Waals surface area (Å²) < 4.78 is 28.1. The van der Waals surface area contributed by atoms with Gasteiger partial charge in [-0.3, -0.25) is 9.48 Å². The number of hydrogen-bond acceptors (Lipinski definition) is 4. The van der Waals surface area contributed by atoms with Gasteiger partial charge < -0.3 is 4.90 Å². The molecule has 1 aromatic carbocycles. The summed E-state index contributed by atoms with van der Waals surface area (Å²) in [6.45, 7) is 0.651. The van der Waals surface area contributed by atoms with Crippen molar-refractivity contribution in [1.82, 2.24) is 14.1 Å². The summed E-state index contributed by atoms with van der Waals surface area (Å²) in [6, 6.07) is 6.29. The molecule has 140 valence electrons. The van der Waals surface area contributed by atoms with Gasteiger partial charge in [0.1, 0.15) is 10.2 Å². The predicted molar refractivity (Wildman–Crippen MR) is 99.9 cm³/mol. The second-order valence-corrected chi connectivity index (χ2v) is 8.86. The smallest absolute Gasteiger partial charge is 0.243 e. The zero-order valence-electron chi connectivity index (χ0n) is 14.3. The van der Waals surface area contributed by atoms with E-state index in [9.17, 15) is 13.2 Å². The summed E-state index contributed by atoms with van der Waals surface area (Å²) in [5, 5.41) is 4.63. The number of anilines is 1. The van der Waals surface area contributed by atoms with Crippen LogP contribution in [-0.4, -0.2) is 42.0 Å². The minimum Gasteiger partial charge on any atom is -0.312 e. The second kappa shape index (κ2) is 7.19. The van der Waals surface area contributed by atoms with E-state index in [1.54, 1.807) is 24.1 Å². The van der Waals surface area contributed by atoms with Crippen molar-refractivity contribution < 1.29 is 13.2 Å². The van der Waals surface area contributed by atoms with E-state index in [4.69, 9.17) is 23.2 Å². The van der Waals surface area contributed by atoms with Crippen LogP contribution in [0.2, 0.25) is 10.2 Å². The van der Waals surface area contributed by atoms with Gasteiger partial charge in [0.15, 0.2) is 0 Å². The van der Waals surface area contributed by atoms with Gasteiger partial charge in [0.25, 0.3) is 0 Å². The molecule has 1 aliphatic heterocycles. The van der Waals surface area contributed by atoms with E-state index in [0.717, 1.165) is 10.7 Å². The number of nitrogens with zero attached hydrogens (tertiary/aromatic N) is 4. The number of hydrogen-bond donors (Lipinski definition) is 0. The number of aryl methyl sites for hydroxylation is 1. The second-order valence-electron chi connectivity index (χ2n) is 6.08. The lowest BCUT2D eigenvalue weighted by atomic mass is 10.3. The van der Waals surface area contributed by atoms with E-state index in [1.807, 2.05) is 0 Å². The molecule has 7 nitrogen and oxygen atoms in total. The molecule has 10 heteroatoms. The topological polar surface area (TPSA) is 75.5 Å². The zero-order chi connectivity index (χ0) is 19.1. The fraction of sp³-hybridized carbons (Fsp3) is 0.375. The van der Waals surface area contributed by atoms with Crippen molar-refractivity contribution in [3.8, 4) is 0 Å². The van der Waals surface area contributed by atoms with Crippen LogP contribution in [0.15, 0.2) is 29.2 Å². The van der Waals surface area contributed by atoms with Crippen LogP contribution in [0.1, 0.15) is 18.5 Å². The Morgan fingerprint density at radius 3 is 2.38 bits per heavy atom. The molecule has 1 amide bonds. The van der Waals surface area contributed by atoms with Gasteiger partial charge in [-0.2, -0.15) is 9.40 Å². The van der Waals surface area contributed by atoms with Crippen LogP contribution in [0.4, 0.5) is 5.69 Å². The SMILES string of the molecule is CN(Cc1nn(C)c(Cl)c1Cl)S(=O)(=O)c1ccc(N2CCCC2=O)cc1. The highest BCUT2D eigenvalue weighted by Crippen LogP contribution is 2.28. The van der Waals surface area contributed by atoms with Gasteiger partial charge in [-0.15, -0.1) is 0 Å². The first-order valence-corrected chi connectivity index (χ1v) is 10.1. The summed E-state index contributed by atoms with van der Waals surface area (Å²) in [5.74, 6) is 0.0550. The zero-order valence-corrected chi connectivity index (χ0v) is 16.6. The van der Waals surface area contributed by atoms with E-state index in [2.05, 4.69) is 5.10 Å². The monoisotopic (exact) mass is 416 g/mol. The first kappa shape index (κ1) is 19.2. The molecule has 2 aromatic rings. The highest BCUT2D eigenvalue weighted by Gasteiger charge is 2.26. The molecule has 0 saturated carbocycles. The van der Waals surface area contributed by atoms with Crippen LogP contribution in [0.25, 0.3) is 0 Å². The van der Waals surface area contributed by atoms with Crippen LogP contribution in [0.3, 0.4) is 0 Å². The third-order valence-electron chi connectivity index (χ3n) is 4.29. The van der Waals surface area contributed by atoms with E-state index < -0.39 is 10.0 Å². The Hall–Kier alpha value is -1.61. The van der Waals surface area contributed by atoms with Crippen LogP contribution in [0, 0.1) is 0 Å². The van der Waals surface area contributed by atoms with Crippen molar-refractivity contribution in [2.45, 2.75) is 24.3 Å². The molecule has 0 aliphatic carbocycles. The molecule has 1 aromatic heterocycles. The number of sulfonamides is 1. The number of halogens is 2. The van der Waals surface area contributed by atoms with E-state index in [0.29, 0.717) is 24.3 Å². The van der Waals surface area contributed by atoms with Gasteiger partial charge in [-0.1, -0.05) is 23.2 Å². The molecule has 26 heavy (non-hydrogen) atoms. The number of benzene rings is 1. The number of carbonyl (C=O) groups excluding carboxylic acids is 1. The Morgan fingerprint density at radius 2 is 1.88 bits per heavy atom. The maximum absolute atomic E-state index is 12.8. The van der Waals surface area contributed by atoms with Crippen LogP contribution in [-0.2, 0) is 28.4 Å². The van der Waals surface area contributed by atoms with Crippen LogP contribution in [0.5, 0.6) is 0 Å². The molecule has 2 heterocycles. The molecule has 1 saturated heterocycles. The summed E-state index contributed by atoms with van der Waals surface area (Å²) in [6.07, 6.45) is 1.34. The Morgan fingerprint density at radius 1 is 1.23 bits per heavy atom. The van der Waals surface area contributed by atoms with Gasteiger partial charge in [0.2, 0.25) is 15.9 Å². The molecule has 0 atom stereocenters. The summed E-state index contributed by atoms with van der Waals surface area (Å²) in [4.78, 5) is 13.6. The molecule has 0 spiro atoms. The standard InChI is InChI=1S/C16H18Cl2N4O3S/c1-20(10-13-15(17)16(18)21(2)19-13)26(24,25)12-7-5-11(6-8-12)22-9-3-4-14(22)23/h5-8H,3-4,9-10H2,1-2H3. The van der Waals surface area contributed by atoms with Gasteiger partial charge >= 0.3 is 0 Å². The van der Waals surface area contributed by atoms with Crippen LogP contribution < -0.4 is 4.90 Å². The van der Waals surface area contributed by atoms with E-state index >= 15 is 0 Å². The molecule has 0 N–H and O–H groups in total. The number of rotatable bonds is 5. The van der Waals surface area contributed by atoms with Crippen molar-refractivity contribution in [1.29, 1.82) is 0 Å². The molecule has 0 bridgehead atoms. The molecule has 0 radical (unpaired) electrons. The maximum Gasteiger partial charge on any atom is 0.243 e.